The zero-order chi connectivity index (χ0) is 13.5. The minimum absolute atomic E-state index is 0.501. The predicted molar refractivity (Wildman–Crippen MR) is 84.3 cm³/mol. The first-order valence-electron chi connectivity index (χ1n) is 6.83. The summed E-state index contributed by atoms with van der Waals surface area (Å²) in [5, 5.41) is 5.84. The van der Waals surface area contributed by atoms with Gasteiger partial charge in [-0.15, -0.1) is 11.3 Å². The van der Waals surface area contributed by atoms with Crippen LogP contribution < -0.4 is 5.32 Å². The van der Waals surface area contributed by atoms with Crippen molar-refractivity contribution in [2.24, 2.45) is 0 Å². The van der Waals surface area contributed by atoms with Crippen molar-refractivity contribution in [2.75, 3.05) is 12.8 Å². The second-order valence-electron chi connectivity index (χ2n) is 5.48. The zero-order valence-electron chi connectivity index (χ0n) is 11.8. The number of hydrogen-bond donors (Lipinski definition) is 1. The SMILES string of the molecule is CSC1(CNCc2c(C)nc3scc(C)n23)CCC1. The first-order chi connectivity index (χ1) is 9.15. The molecule has 3 rings (SSSR count). The van der Waals surface area contributed by atoms with E-state index in [2.05, 4.69) is 40.2 Å². The molecule has 0 aliphatic heterocycles. The van der Waals surface area contributed by atoms with Gasteiger partial charge in [-0.25, -0.2) is 4.98 Å². The van der Waals surface area contributed by atoms with Gasteiger partial charge in [-0.2, -0.15) is 11.8 Å². The average Bonchev–Trinajstić information content (AvgIpc) is 2.84. The lowest BCUT2D eigenvalue weighted by Gasteiger charge is -2.40. The quantitative estimate of drug-likeness (QED) is 0.917. The molecule has 0 radical (unpaired) electrons. The van der Waals surface area contributed by atoms with Crippen LogP contribution in [0.15, 0.2) is 5.38 Å². The summed E-state index contributed by atoms with van der Waals surface area (Å²) in [5.41, 5.74) is 3.78. The first kappa shape index (κ1) is 13.5. The molecule has 0 spiro atoms. The van der Waals surface area contributed by atoms with Crippen LogP contribution in [-0.4, -0.2) is 26.9 Å². The van der Waals surface area contributed by atoms with Gasteiger partial charge in [-0.05, 0) is 32.9 Å². The minimum Gasteiger partial charge on any atom is -0.310 e. The lowest BCUT2D eigenvalue weighted by molar-refractivity contribution is 0.344. The van der Waals surface area contributed by atoms with Crippen LogP contribution in [0.25, 0.3) is 4.96 Å². The van der Waals surface area contributed by atoms with E-state index in [-0.39, 0.29) is 0 Å². The summed E-state index contributed by atoms with van der Waals surface area (Å²) in [4.78, 5) is 5.76. The summed E-state index contributed by atoms with van der Waals surface area (Å²) >= 11 is 3.75. The molecular weight excluding hydrogens is 274 g/mol. The monoisotopic (exact) mass is 295 g/mol. The second-order valence-corrected chi connectivity index (χ2v) is 7.59. The van der Waals surface area contributed by atoms with Crippen molar-refractivity contribution in [3.05, 3.63) is 22.5 Å². The Hall–Kier alpha value is -0.520. The van der Waals surface area contributed by atoms with E-state index in [1.807, 2.05) is 11.8 Å². The van der Waals surface area contributed by atoms with Crippen molar-refractivity contribution in [1.29, 1.82) is 0 Å². The van der Waals surface area contributed by atoms with Gasteiger partial charge in [0.25, 0.3) is 0 Å². The molecule has 3 nitrogen and oxygen atoms in total. The summed E-state index contributed by atoms with van der Waals surface area (Å²) < 4.78 is 2.79. The molecule has 0 aromatic carbocycles. The number of thioether (sulfide) groups is 1. The molecule has 2 aromatic heterocycles. The summed E-state index contributed by atoms with van der Waals surface area (Å²) in [6.45, 7) is 6.31. The highest BCUT2D eigenvalue weighted by Gasteiger charge is 2.35. The highest BCUT2D eigenvalue weighted by molar-refractivity contribution is 8.00. The van der Waals surface area contributed by atoms with Crippen LogP contribution in [0, 0.1) is 13.8 Å². The number of aromatic nitrogens is 2. The molecule has 1 fully saturated rings. The smallest absolute Gasteiger partial charge is 0.194 e. The number of rotatable bonds is 5. The Morgan fingerprint density at radius 3 is 2.89 bits per heavy atom. The molecular formula is C14H21N3S2. The van der Waals surface area contributed by atoms with E-state index in [1.54, 1.807) is 11.3 Å². The Kier molecular flexibility index (Phi) is 3.62. The number of thiazole rings is 1. The standard InChI is InChI=1S/C14H21N3S2/c1-10-8-19-13-16-11(2)12(17(10)13)7-15-9-14(18-3)5-4-6-14/h8,15H,4-7,9H2,1-3H3. The second kappa shape index (κ2) is 5.11. The fourth-order valence-corrected chi connectivity index (χ4v) is 4.68. The van der Waals surface area contributed by atoms with Gasteiger partial charge in [0.2, 0.25) is 0 Å². The third-order valence-corrected chi connectivity index (χ3v) is 6.63. The van der Waals surface area contributed by atoms with E-state index in [4.69, 9.17) is 0 Å². The molecule has 2 aromatic rings. The van der Waals surface area contributed by atoms with Gasteiger partial charge in [0.1, 0.15) is 0 Å². The first-order valence-corrected chi connectivity index (χ1v) is 8.93. The average molecular weight is 295 g/mol. The number of aryl methyl sites for hydroxylation is 2. The molecule has 0 amide bonds. The number of fused-ring (bicyclic) bond motifs is 1. The van der Waals surface area contributed by atoms with Crippen LogP contribution >= 0.6 is 23.1 Å². The normalized spacial score (nSPS) is 17.8. The fraction of sp³-hybridized carbons (Fsp3) is 0.643. The third kappa shape index (κ3) is 2.32. The molecule has 0 bridgehead atoms. The highest BCUT2D eigenvalue weighted by atomic mass is 32.2. The molecule has 0 atom stereocenters. The maximum Gasteiger partial charge on any atom is 0.194 e. The van der Waals surface area contributed by atoms with E-state index < -0.39 is 0 Å². The van der Waals surface area contributed by atoms with Gasteiger partial charge in [0, 0.05) is 28.9 Å². The topological polar surface area (TPSA) is 29.3 Å². The molecule has 0 unspecified atom stereocenters. The van der Waals surface area contributed by atoms with Crippen molar-refractivity contribution in [3.8, 4) is 0 Å². The maximum atomic E-state index is 4.64. The molecule has 1 aliphatic carbocycles. The van der Waals surface area contributed by atoms with Crippen LogP contribution in [0.5, 0.6) is 0 Å². The summed E-state index contributed by atoms with van der Waals surface area (Å²) in [5.74, 6) is 0. The van der Waals surface area contributed by atoms with E-state index >= 15 is 0 Å². The van der Waals surface area contributed by atoms with Crippen LogP contribution in [-0.2, 0) is 6.54 Å². The number of hydrogen-bond acceptors (Lipinski definition) is 4. The van der Waals surface area contributed by atoms with Gasteiger partial charge in [-0.1, -0.05) is 6.42 Å². The Bertz CT molecular complexity index is 575. The Labute approximate surface area is 122 Å². The van der Waals surface area contributed by atoms with Gasteiger partial charge < -0.3 is 5.32 Å². The summed E-state index contributed by atoms with van der Waals surface area (Å²) in [7, 11) is 0. The molecule has 1 N–H and O–H groups in total. The summed E-state index contributed by atoms with van der Waals surface area (Å²) in [6, 6.07) is 0. The van der Waals surface area contributed by atoms with E-state index in [9.17, 15) is 0 Å². The van der Waals surface area contributed by atoms with E-state index in [0.29, 0.717) is 4.75 Å². The number of imidazole rings is 1. The van der Waals surface area contributed by atoms with Crippen molar-refractivity contribution >= 4 is 28.1 Å². The van der Waals surface area contributed by atoms with Crippen LogP contribution in [0.4, 0.5) is 0 Å². The van der Waals surface area contributed by atoms with E-state index in [1.165, 1.54) is 30.7 Å². The van der Waals surface area contributed by atoms with Crippen LogP contribution in [0.3, 0.4) is 0 Å². The lowest BCUT2D eigenvalue weighted by Crippen LogP contribution is -2.43. The molecule has 1 aliphatic rings. The van der Waals surface area contributed by atoms with Crippen molar-refractivity contribution in [1.82, 2.24) is 14.7 Å². The van der Waals surface area contributed by atoms with Gasteiger partial charge in [-0.3, -0.25) is 4.40 Å². The van der Waals surface area contributed by atoms with Crippen molar-refractivity contribution in [2.45, 2.75) is 44.4 Å². The van der Waals surface area contributed by atoms with Crippen LogP contribution in [0.2, 0.25) is 0 Å². The molecule has 104 valence electrons. The summed E-state index contributed by atoms with van der Waals surface area (Å²) in [6.07, 6.45) is 6.35. The maximum absolute atomic E-state index is 4.64. The predicted octanol–water partition coefficient (Wildman–Crippen LogP) is 3.39. The van der Waals surface area contributed by atoms with Crippen LogP contribution in [0.1, 0.15) is 36.3 Å². The molecule has 5 heteroatoms. The molecule has 1 saturated carbocycles. The lowest BCUT2D eigenvalue weighted by atomic mass is 9.84. The number of nitrogens with one attached hydrogen (secondary N) is 1. The van der Waals surface area contributed by atoms with E-state index in [0.717, 1.165) is 23.7 Å². The Balaban J connectivity index is 1.71. The largest absolute Gasteiger partial charge is 0.310 e. The number of nitrogens with zero attached hydrogens (tertiary/aromatic N) is 2. The van der Waals surface area contributed by atoms with Gasteiger partial charge in [0.15, 0.2) is 4.96 Å². The zero-order valence-corrected chi connectivity index (χ0v) is 13.5. The van der Waals surface area contributed by atoms with Gasteiger partial charge in [0.05, 0.1) is 11.4 Å². The van der Waals surface area contributed by atoms with Crippen molar-refractivity contribution < 1.29 is 0 Å². The highest BCUT2D eigenvalue weighted by Crippen LogP contribution is 2.42. The molecule has 19 heavy (non-hydrogen) atoms. The molecule has 2 heterocycles. The third-order valence-electron chi connectivity index (χ3n) is 4.27. The van der Waals surface area contributed by atoms with Crippen molar-refractivity contribution in [3.63, 3.8) is 0 Å². The fourth-order valence-electron chi connectivity index (χ4n) is 2.81. The molecule has 0 saturated heterocycles. The Morgan fingerprint density at radius 2 is 2.26 bits per heavy atom. The Morgan fingerprint density at radius 1 is 1.47 bits per heavy atom. The van der Waals surface area contributed by atoms with Gasteiger partial charge >= 0.3 is 0 Å². The minimum atomic E-state index is 0.501.